The monoisotopic (exact) mass is 188 g/mol. The van der Waals surface area contributed by atoms with Crippen molar-refractivity contribution in [3.63, 3.8) is 0 Å². The number of nitrogen functional groups attached to an aromatic ring is 1. The minimum absolute atomic E-state index is 0.726. The Morgan fingerprint density at radius 1 is 1.36 bits per heavy atom. The molecule has 0 aromatic carbocycles. The number of nitrogens with two attached hydrogens (primary N) is 1. The maximum Gasteiger partial charge on any atom is 0.161 e. The van der Waals surface area contributed by atoms with Crippen molar-refractivity contribution in [2.24, 2.45) is 5.84 Å². The van der Waals surface area contributed by atoms with Crippen LogP contribution in [0.4, 0.5) is 5.69 Å². The van der Waals surface area contributed by atoms with Crippen molar-refractivity contribution in [3.8, 4) is 0 Å². The molecule has 4 nitrogen and oxygen atoms in total. The van der Waals surface area contributed by atoms with Gasteiger partial charge in [-0.3, -0.25) is 5.84 Å². The zero-order valence-corrected chi connectivity index (χ0v) is 8.20. The first-order valence-electron chi connectivity index (χ1n) is 4.42. The van der Waals surface area contributed by atoms with Gasteiger partial charge >= 0.3 is 0 Å². The van der Waals surface area contributed by atoms with Crippen LogP contribution >= 0.6 is 0 Å². The molecule has 0 saturated carbocycles. The van der Waals surface area contributed by atoms with E-state index in [4.69, 9.17) is 5.84 Å². The highest BCUT2D eigenvalue weighted by Gasteiger charge is 2.03. The number of aryl methyl sites for hydroxylation is 2. The number of pyridine rings is 2. The van der Waals surface area contributed by atoms with Gasteiger partial charge in [-0.2, -0.15) is 0 Å². The molecule has 0 aliphatic carbocycles. The minimum atomic E-state index is 0.726. The highest BCUT2D eigenvalue weighted by molar-refractivity contribution is 5.88. The first-order valence-corrected chi connectivity index (χ1v) is 4.42. The number of nitrogens with one attached hydrogen (secondary N) is 1. The average Bonchev–Trinajstić information content (AvgIpc) is 2.19. The summed E-state index contributed by atoms with van der Waals surface area (Å²) in [6, 6.07) is 3.87. The molecule has 0 amide bonds. The van der Waals surface area contributed by atoms with Crippen LogP contribution in [0.5, 0.6) is 0 Å². The summed E-state index contributed by atoms with van der Waals surface area (Å²) in [4.78, 5) is 8.56. The van der Waals surface area contributed by atoms with E-state index in [0.29, 0.717) is 0 Å². The van der Waals surface area contributed by atoms with Crippen LogP contribution in [0.15, 0.2) is 18.3 Å². The Morgan fingerprint density at radius 2 is 2.14 bits per heavy atom. The first kappa shape index (κ1) is 8.90. The maximum absolute atomic E-state index is 5.40. The molecule has 0 aliphatic heterocycles. The summed E-state index contributed by atoms with van der Waals surface area (Å²) in [6.07, 6.45) is 1.69. The normalized spacial score (nSPS) is 10.5. The van der Waals surface area contributed by atoms with Crippen LogP contribution in [0.3, 0.4) is 0 Å². The fourth-order valence-corrected chi connectivity index (χ4v) is 1.39. The summed E-state index contributed by atoms with van der Waals surface area (Å²) in [7, 11) is 0. The lowest BCUT2D eigenvalue weighted by molar-refractivity contribution is 1.16. The Kier molecular flexibility index (Phi) is 2.05. The molecule has 0 radical (unpaired) electrons. The van der Waals surface area contributed by atoms with Crippen LogP contribution in [-0.4, -0.2) is 9.97 Å². The van der Waals surface area contributed by atoms with Crippen molar-refractivity contribution < 1.29 is 0 Å². The zero-order chi connectivity index (χ0) is 10.1. The van der Waals surface area contributed by atoms with Gasteiger partial charge in [0.25, 0.3) is 0 Å². The van der Waals surface area contributed by atoms with E-state index in [2.05, 4.69) is 15.4 Å². The number of aromatic nitrogens is 2. The van der Waals surface area contributed by atoms with Gasteiger partial charge in [0.05, 0.1) is 5.69 Å². The van der Waals surface area contributed by atoms with Gasteiger partial charge in [0.1, 0.15) is 0 Å². The van der Waals surface area contributed by atoms with Crippen molar-refractivity contribution in [1.29, 1.82) is 0 Å². The molecule has 0 aliphatic rings. The van der Waals surface area contributed by atoms with Crippen molar-refractivity contribution in [3.05, 3.63) is 29.6 Å². The van der Waals surface area contributed by atoms with Gasteiger partial charge in [0, 0.05) is 17.3 Å². The quantitative estimate of drug-likeness (QED) is 0.526. The van der Waals surface area contributed by atoms with E-state index in [0.717, 1.165) is 28.0 Å². The highest BCUT2D eigenvalue weighted by atomic mass is 15.2. The fourth-order valence-electron chi connectivity index (χ4n) is 1.39. The fraction of sp³-hybridized carbons (Fsp3) is 0.200. The van der Waals surface area contributed by atoms with Crippen molar-refractivity contribution in [2.45, 2.75) is 13.8 Å². The van der Waals surface area contributed by atoms with Gasteiger partial charge < -0.3 is 5.43 Å². The van der Waals surface area contributed by atoms with Crippen LogP contribution < -0.4 is 11.3 Å². The SMILES string of the molecule is Cc1cc2c(NN)ccnc2nc1C. The van der Waals surface area contributed by atoms with Crippen LogP contribution in [0.1, 0.15) is 11.3 Å². The number of hydrogen-bond acceptors (Lipinski definition) is 4. The van der Waals surface area contributed by atoms with Gasteiger partial charge in [0.2, 0.25) is 0 Å². The Hall–Kier alpha value is -1.68. The van der Waals surface area contributed by atoms with Crippen LogP contribution in [0, 0.1) is 13.8 Å². The van der Waals surface area contributed by atoms with Crippen LogP contribution in [0.25, 0.3) is 11.0 Å². The molecule has 4 heteroatoms. The Labute approximate surface area is 82.1 Å². The maximum atomic E-state index is 5.40. The molecule has 2 rings (SSSR count). The van der Waals surface area contributed by atoms with E-state index in [1.807, 2.05) is 26.0 Å². The molecule has 0 unspecified atom stereocenters. The second-order valence-corrected chi connectivity index (χ2v) is 3.26. The lowest BCUT2D eigenvalue weighted by Gasteiger charge is -2.06. The molecule has 14 heavy (non-hydrogen) atoms. The number of hydrogen-bond donors (Lipinski definition) is 2. The molecular formula is C10H12N4. The second-order valence-electron chi connectivity index (χ2n) is 3.26. The third-order valence-electron chi connectivity index (χ3n) is 2.33. The number of nitrogens with zero attached hydrogens (tertiary/aromatic N) is 2. The van der Waals surface area contributed by atoms with E-state index in [1.165, 1.54) is 0 Å². The van der Waals surface area contributed by atoms with Crippen molar-refractivity contribution >= 4 is 16.7 Å². The molecule has 2 aromatic rings. The summed E-state index contributed by atoms with van der Waals surface area (Å²) < 4.78 is 0. The highest BCUT2D eigenvalue weighted by Crippen LogP contribution is 2.21. The number of anilines is 1. The number of hydrazine groups is 1. The molecule has 0 atom stereocenters. The van der Waals surface area contributed by atoms with E-state index < -0.39 is 0 Å². The lowest BCUT2D eigenvalue weighted by Crippen LogP contribution is -2.07. The smallest absolute Gasteiger partial charge is 0.161 e. The molecule has 2 aromatic heterocycles. The molecule has 2 heterocycles. The third-order valence-corrected chi connectivity index (χ3v) is 2.33. The van der Waals surface area contributed by atoms with E-state index in [1.54, 1.807) is 6.20 Å². The Bertz CT molecular complexity index is 479. The van der Waals surface area contributed by atoms with E-state index >= 15 is 0 Å². The van der Waals surface area contributed by atoms with E-state index in [-0.39, 0.29) is 0 Å². The largest absolute Gasteiger partial charge is 0.323 e. The molecule has 72 valence electrons. The zero-order valence-electron chi connectivity index (χ0n) is 8.20. The molecule has 0 fully saturated rings. The summed E-state index contributed by atoms with van der Waals surface area (Å²) in [6.45, 7) is 3.99. The standard InChI is InChI=1S/C10H12N4/c1-6-5-8-9(14-11)3-4-12-10(8)13-7(6)2/h3-5H,11H2,1-2H3,(H,12,13,14). The predicted octanol–water partition coefficient (Wildman–Crippen LogP) is 1.53. The van der Waals surface area contributed by atoms with Gasteiger partial charge in [-0.05, 0) is 31.5 Å². The summed E-state index contributed by atoms with van der Waals surface area (Å²) in [5.41, 5.74) is 6.35. The van der Waals surface area contributed by atoms with E-state index in [9.17, 15) is 0 Å². The molecule has 0 bridgehead atoms. The molecular weight excluding hydrogens is 176 g/mol. The van der Waals surface area contributed by atoms with Crippen LogP contribution in [-0.2, 0) is 0 Å². The number of rotatable bonds is 1. The Morgan fingerprint density at radius 3 is 2.86 bits per heavy atom. The van der Waals surface area contributed by atoms with Crippen LogP contribution in [0.2, 0.25) is 0 Å². The molecule has 3 N–H and O–H groups in total. The van der Waals surface area contributed by atoms with Gasteiger partial charge in [0.15, 0.2) is 5.65 Å². The molecule has 0 saturated heterocycles. The summed E-state index contributed by atoms with van der Waals surface area (Å²) in [5.74, 6) is 5.40. The molecule has 0 spiro atoms. The predicted molar refractivity (Wildman–Crippen MR) is 56.8 cm³/mol. The van der Waals surface area contributed by atoms with Gasteiger partial charge in [-0.25, -0.2) is 9.97 Å². The second kappa shape index (κ2) is 3.23. The summed E-state index contributed by atoms with van der Waals surface area (Å²) in [5, 5.41) is 0.957. The van der Waals surface area contributed by atoms with Crippen molar-refractivity contribution in [2.75, 3.05) is 5.43 Å². The summed E-state index contributed by atoms with van der Waals surface area (Å²) >= 11 is 0. The topological polar surface area (TPSA) is 63.8 Å². The minimum Gasteiger partial charge on any atom is -0.323 e. The third kappa shape index (κ3) is 1.29. The van der Waals surface area contributed by atoms with Crippen molar-refractivity contribution in [1.82, 2.24) is 9.97 Å². The van der Waals surface area contributed by atoms with Gasteiger partial charge in [-0.15, -0.1) is 0 Å². The lowest BCUT2D eigenvalue weighted by atomic mass is 10.1. The van der Waals surface area contributed by atoms with Gasteiger partial charge in [-0.1, -0.05) is 0 Å². The number of fused-ring (bicyclic) bond motifs is 1. The Balaban J connectivity index is 2.81. The first-order chi connectivity index (χ1) is 6.72. The average molecular weight is 188 g/mol.